The highest BCUT2D eigenvalue weighted by atomic mass is 16.1. The van der Waals surface area contributed by atoms with Crippen LogP contribution in [0.15, 0.2) is 17.4 Å². The Labute approximate surface area is 96.9 Å². The van der Waals surface area contributed by atoms with Gasteiger partial charge in [0.15, 0.2) is 11.6 Å². The van der Waals surface area contributed by atoms with Gasteiger partial charge in [-0.05, 0) is 6.92 Å². The zero-order valence-electron chi connectivity index (χ0n) is 9.34. The first-order valence-corrected chi connectivity index (χ1v) is 5.16. The first kappa shape index (κ1) is 11.1. The third-order valence-corrected chi connectivity index (χ3v) is 2.34. The quantitative estimate of drug-likeness (QED) is 0.662. The number of nitrogens with one attached hydrogen (secondary N) is 2. The average molecular weight is 235 g/mol. The maximum atomic E-state index is 11.2. The van der Waals surface area contributed by atoms with Crippen molar-refractivity contribution in [2.75, 3.05) is 11.1 Å². The van der Waals surface area contributed by atoms with Crippen molar-refractivity contribution in [2.45, 2.75) is 20.0 Å². The predicted molar refractivity (Wildman–Crippen MR) is 62.3 cm³/mol. The van der Waals surface area contributed by atoms with E-state index >= 15 is 0 Å². The van der Waals surface area contributed by atoms with Crippen molar-refractivity contribution >= 4 is 11.5 Å². The van der Waals surface area contributed by atoms with Crippen LogP contribution in [0.2, 0.25) is 0 Å². The second-order valence-corrected chi connectivity index (χ2v) is 3.38. The lowest BCUT2D eigenvalue weighted by Crippen LogP contribution is -2.17. The Kier molecular flexibility index (Phi) is 3.03. The van der Waals surface area contributed by atoms with Crippen molar-refractivity contribution < 1.29 is 0 Å². The molecular weight excluding hydrogens is 222 g/mol. The van der Waals surface area contributed by atoms with Crippen LogP contribution in [0.1, 0.15) is 12.7 Å². The van der Waals surface area contributed by atoms with Crippen LogP contribution >= 0.6 is 0 Å². The lowest BCUT2D eigenvalue weighted by molar-refractivity contribution is 0.707. The van der Waals surface area contributed by atoms with E-state index in [4.69, 9.17) is 5.73 Å². The van der Waals surface area contributed by atoms with E-state index in [9.17, 15) is 4.79 Å². The summed E-state index contributed by atoms with van der Waals surface area (Å²) >= 11 is 0. The number of aryl methyl sites for hydroxylation is 1. The molecule has 17 heavy (non-hydrogen) atoms. The molecule has 0 fully saturated rings. The summed E-state index contributed by atoms with van der Waals surface area (Å²) in [5, 5.41) is 10.7. The van der Waals surface area contributed by atoms with E-state index in [0.717, 1.165) is 12.4 Å². The van der Waals surface area contributed by atoms with E-state index in [0.29, 0.717) is 12.4 Å². The minimum atomic E-state index is -0.362. The number of aromatic nitrogens is 5. The molecule has 2 heterocycles. The number of nitrogen functional groups attached to an aromatic ring is 1. The first-order valence-electron chi connectivity index (χ1n) is 5.16. The predicted octanol–water partition coefficient (Wildman–Crippen LogP) is -0.424. The summed E-state index contributed by atoms with van der Waals surface area (Å²) in [4.78, 5) is 17.6. The van der Waals surface area contributed by atoms with Crippen LogP contribution in [-0.4, -0.2) is 24.7 Å². The molecule has 90 valence electrons. The van der Waals surface area contributed by atoms with Crippen LogP contribution in [0, 0.1) is 0 Å². The van der Waals surface area contributed by atoms with Crippen LogP contribution in [0.4, 0.5) is 11.5 Å². The molecule has 2 aromatic rings. The Bertz CT molecular complexity index is 558. The standard InChI is InChI=1S/C9H13N7O/c1-2-16-5-14-15-6(16)3-11-8-7(10)9(17)13-4-12-8/h4-5H,2-3,10H2,1H3,(H2,11,12,13,17). The number of rotatable bonds is 4. The van der Waals surface area contributed by atoms with E-state index in [2.05, 4.69) is 25.5 Å². The van der Waals surface area contributed by atoms with E-state index in [1.54, 1.807) is 6.33 Å². The number of nitrogens with zero attached hydrogens (tertiary/aromatic N) is 4. The Morgan fingerprint density at radius 1 is 1.59 bits per heavy atom. The largest absolute Gasteiger partial charge is 0.391 e. The van der Waals surface area contributed by atoms with Crippen molar-refractivity contribution in [3.63, 3.8) is 0 Å². The van der Waals surface area contributed by atoms with Gasteiger partial charge in [-0.2, -0.15) is 0 Å². The summed E-state index contributed by atoms with van der Waals surface area (Å²) in [6.45, 7) is 3.18. The molecule has 4 N–H and O–H groups in total. The molecule has 0 spiro atoms. The third-order valence-electron chi connectivity index (χ3n) is 2.34. The molecule has 0 aliphatic carbocycles. The molecule has 0 unspecified atom stereocenters. The number of hydrogen-bond acceptors (Lipinski definition) is 6. The van der Waals surface area contributed by atoms with E-state index < -0.39 is 0 Å². The van der Waals surface area contributed by atoms with Gasteiger partial charge in [0, 0.05) is 6.54 Å². The van der Waals surface area contributed by atoms with Gasteiger partial charge in [0.2, 0.25) is 0 Å². The van der Waals surface area contributed by atoms with Crippen molar-refractivity contribution in [1.82, 2.24) is 24.7 Å². The zero-order valence-corrected chi connectivity index (χ0v) is 9.34. The molecule has 0 radical (unpaired) electrons. The monoisotopic (exact) mass is 235 g/mol. The van der Waals surface area contributed by atoms with Crippen LogP contribution < -0.4 is 16.6 Å². The normalized spacial score (nSPS) is 10.4. The molecule has 0 aliphatic rings. The fourth-order valence-electron chi connectivity index (χ4n) is 1.39. The third kappa shape index (κ3) is 2.25. The highest BCUT2D eigenvalue weighted by molar-refractivity contribution is 5.58. The molecule has 0 bridgehead atoms. The van der Waals surface area contributed by atoms with Crippen molar-refractivity contribution in [3.8, 4) is 0 Å². The summed E-state index contributed by atoms with van der Waals surface area (Å²) in [5.41, 5.74) is 5.28. The molecule has 0 saturated carbocycles. The smallest absolute Gasteiger partial charge is 0.276 e. The summed E-state index contributed by atoms with van der Waals surface area (Å²) < 4.78 is 1.89. The van der Waals surface area contributed by atoms with E-state index in [1.165, 1.54) is 6.33 Å². The molecule has 8 nitrogen and oxygen atoms in total. The summed E-state index contributed by atoms with van der Waals surface area (Å²) in [6, 6.07) is 0. The topological polar surface area (TPSA) is 115 Å². The molecular formula is C9H13N7O. The molecule has 2 aromatic heterocycles. The van der Waals surface area contributed by atoms with Gasteiger partial charge in [-0.25, -0.2) is 4.98 Å². The number of anilines is 2. The average Bonchev–Trinajstić information content (AvgIpc) is 2.78. The van der Waals surface area contributed by atoms with Gasteiger partial charge in [-0.3, -0.25) is 4.79 Å². The summed E-state index contributed by atoms with van der Waals surface area (Å²) in [7, 11) is 0. The Morgan fingerprint density at radius 2 is 2.41 bits per heavy atom. The Hall–Kier alpha value is -2.38. The Balaban J connectivity index is 2.13. The fraction of sp³-hybridized carbons (Fsp3) is 0.333. The first-order chi connectivity index (χ1) is 8.22. The van der Waals surface area contributed by atoms with Gasteiger partial charge in [0.25, 0.3) is 5.56 Å². The summed E-state index contributed by atoms with van der Waals surface area (Å²) in [5.74, 6) is 1.10. The van der Waals surface area contributed by atoms with Crippen LogP contribution in [0.25, 0.3) is 0 Å². The SMILES string of the molecule is CCn1cnnc1CNc1nc[nH]c(=O)c1N. The zero-order chi connectivity index (χ0) is 12.3. The minimum Gasteiger partial charge on any atom is -0.391 e. The number of aromatic amines is 1. The number of H-pyrrole nitrogens is 1. The molecule has 0 aromatic carbocycles. The van der Waals surface area contributed by atoms with Crippen molar-refractivity contribution in [1.29, 1.82) is 0 Å². The highest BCUT2D eigenvalue weighted by Crippen LogP contribution is 2.08. The molecule has 0 amide bonds. The minimum absolute atomic E-state index is 0.0649. The van der Waals surface area contributed by atoms with Gasteiger partial charge >= 0.3 is 0 Å². The van der Waals surface area contributed by atoms with Crippen LogP contribution in [0.3, 0.4) is 0 Å². The molecule has 0 aliphatic heterocycles. The second-order valence-electron chi connectivity index (χ2n) is 3.38. The number of hydrogen-bond donors (Lipinski definition) is 3. The van der Waals surface area contributed by atoms with E-state index in [-0.39, 0.29) is 11.2 Å². The fourth-order valence-corrected chi connectivity index (χ4v) is 1.39. The molecule has 0 atom stereocenters. The lowest BCUT2D eigenvalue weighted by Gasteiger charge is -2.07. The van der Waals surface area contributed by atoms with Gasteiger partial charge in [-0.15, -0.1) is 10.2 Å². The molecule has 8 heteroatoms. The van der Waals surface area contributed by atoms with Gasteiger partial charge in [0.1, 0.15) is 12.0 Å². The number of nitrogens with two attached hydrogens (primary N) is 1. The van der Waals surface area contributed by atoms with Gasteiger partial charge < -0.3 is 20.6 Å². The Morgan fingerprint density at radius 3 is 3.18 bits per heavy atom. The summed E-state index contributed by atoms with van der Waals surface area (Å²) in [6.07, 6.45) is 2.94. The van der Waals surface area contributed by atoms with Crippen molar-refractivity contribution in [3.05, 3.63) is 28.8 Å². The molecule has 2 rings (SSSR count). The maximum Gasteiger partial charge on any atom is 0.276 e. The molecule has 0 saturated heterocycles. The van der Waals surface area contributed by atoms with E-state index in [1.807, 2.05) is 11.5 Å². The lowest BCUT2D eigenvalue weighted by atomic mass is 10.4. The van der Waals surface area contributed by atoms with Crippen LogP contribution in [-0.2, 0) is 13.1 Å². The van der Waals surface area contributed by atoms with Crippen molar-refractivity contribution in [2.24, 2.45) is 0 Å². The maximum absolute atomic E-state index is 11.2. The second kappa shape index (κ2) is 4.64. The van der Waals surface area contributed by atoms with Crippen LogP contribution in [0.5, 0.6) is 0 Å². The highest BCUT2D eigenvalue weighted by Gasteiger charge is 2.06. The van der Waals surface area contributed by atoms with Gasteiger partial charge in [-0.1, -0.05) is 0 Å². The van der Waals surface area contributed by atoms with Gasteiger partial charge in [0.05, 0.1) is 12.9 Å².